The van der Waals surface area contributed by atoms with Crippen LogP contribution in [0.4, 0.5) is 5.13 Å². The van der Waals surface area contributed by atoms with Crippen LogP contribution < -0.4 is 5.56 Å². The first-order chi connectivity index (χ1) is 13.3. The molecule has 5 nitrogen and oxygen atoms in total. The van der Waals surface area contributed by atoms with E-state index in [0.717, 1.165) is 15.8 Å². The molecular weight excluding hydrogens is 439 g/mol. The van der Waals surface area contributed by atoms with E-state index in [9.17, 15) is 4.79 Å². The van der Waals surface area contributed by atoms with E-state index in [0.29, 0.717) is 27.1 Å². The lowest BCUT2D eigenvalue weighted by Gasteiger charge is -2.07. The quantitative estimate of drug-likeness (QED) is 0.382. The second-order valence-corrected chi connectivity index (χ2v) is 8.49. The van der Waals surface area contributed by atoms with E-state index in [4.69, 9.17) is 34.8 Å². The molecule has 2 aromatic carbocycles. The third kappa shape index (κ3) is 3.49. The average molecular weight is 452 g/mol. The van der Waals surface area contributed by atoms with Crippen molar-refractivity contribution in [2.45, 2.75) is 13.8 Å². The van der Waals surface area contributed by atoms with E-state index in [1.165, 1.54) is 34.4 Å². The molecule has 28 heavy (non-hydrogen) atoms. The Morgan fingerprint density at radius 1 is 1.14 bits per heavy atom. The molecule has 0 radical (unpaired) electrons. The van der Waals surface area contributed by atoms with Crippen molar-refractivity contribution in [3.63, 3.8) is 0 Å². The molecule has 0 bridgehead atoms. The lowest BCUT2D eigenvalue weighted by Crippen LogP contribution is -2.18. The Balaban J connectivity index is 1.75. The van der Waals surface area contributed by atoms with Gasteiger partial charge in [-0.2, -0.15) is 0 Å². The maximum absolute atomic E-state index is 12.9. The summed E-state index contributed by atoms with van der Waals surface area (Å²) in [5.74, 6) is 0. The Morgan fingerprint density at radius 3 is 2.57 bits per heavy atom. The minimum atomic E-state index is -0.315. The zero-order chi connectivity index (χ0) is 20.0. The maximum Gasteiger partial charge on any atom is 0.280 e. The van der Waals surface area contributed by atoms with Gasteiger partial charge in [-0.25, -0.2) is 14.7 Å². The fourth-order valence-corrected chi connectivity index (χ4v) is 4.71. The topological polar surface area (TPSA) is 63.0 Å². The van der Waals surface area contributed by atoms with Crippen LogP contribution in [0.1, 0.15) is 16.8 Å². The van der Waals surface area contributed by atoms with E-state index in [1.807, 2.05) is 19.1 Å². The molecule has 0 saturated carbocycles. The molecule has 0 aliphatic carbocycles. The van der Waals surface area contributed by atoms with Gasteiger partial charge in [0.2, 0.25) is 5.13 Å². The van der Waals surface area contributed by atoms with E-state index in [-0.39, 0.29) is 15.6 Å². The summed E-state index contributed by atoms with van der Waals surface area (Å²) in [4.78, 5) is 21.8. The molecule has 2 heterocycles. The van der Waals surface area contributed by atoms with Crippen molar-refractivity contribution >= 4 is 67.7 Å². The first-order valence-corrected chi connectivity index (χ1v) is 10.2. The number of hydrogen-bond acceptors (Lipinski definition) is 4. The number of hydrogen-bond donors (Lipinski definition) is 1. The maximum atomic E-state index is 12.9. The standard InChI is InChI=1S/C19H13Cl3N4OS/c1-9-3-4-15-16(5-9)28-19(24-15)23-8-12-10(2)25-26(18(12)27)17-13(21)6-11(20)7-14(17)22/h3-8,25H,1-2H3/b23-8+. The molecule has 0 amide bonds. The fourth-order valence-electron chi connectivity index (χ4n) is 2.81. The van der Waals surface area contributed by atoms with Gasteiger partial charge in [-0.1, -0.05) is 52.2 Å². The number of aromatic nitrogens is 3. The van der Waals surface area contributed by atoms with Crippen LogP contribution in [0.15, 0.2) is 40.1 Å². The van der Waals surface area contributed by atoms with Gasteiger partial charge in [0.25, 0.3) is 5.56 Å². The zero-order valence-electron chi connectivity index (χ0n) is 14.8. The number of benzene rings is 2. The molecular formula is C19H13Cl3N4OS. The minimum absolute atomic E-state index is 0.269. The van der Waals surface area contributed by atoms with Gasteiger partial charge in [0.15, 0.2) is 0 Å². The highest BCUT2D eigenvalue weighted by Gasteiger charge is 2.17. The SMILES string of the molecule is Cc1ccc2nc(/N=C/c3c(C)[nH]n(-c4c(Cl)cc(Cl)cc4Cl)c3=O)sc2c1. The molecule has 0 unspecified atom stereocenters. The van der Waals surface area contributed by atoms with E-state index in [1.54, 1.807) is 6.92 Å². The van der Waals surface area contributed by atoms with Gasteiger partial charge in [0.05, 0.1) is 25.8 Å². The normalized spacial score (nSPS) is 11.8. The highest BCUT2D eigenvalue weighted by molar-refractivity contribution is 7.22. The number of thiazole rings is 1. The first-order valence-electron chi connectivity index (χ1n) is 8.21. The van der Waals surface area contributed by atoms with Crippen molar-refractivity contribution < 1.29 is 0 Å². The third-order valence-corrected chi connectivity index (χ3v) is 5.88. The summed E-state index contributed by atoms with van der Waals surface area (Å²) in [5, 5.41) is 4.49. The number of fused-ring (bicyclic) bond motifs is 1. The van der Waals surface area contributed by atoms with Gasteiger partial charge in [0, 0.05) is 16.9 Å². The third-order valence-electron chi connectivity index (χ3n) is 4.16. The number of rotatable bonds is 3. The van der Waals surface area contributed by atoms with Crippen LogP contribution in [0.25, 0.3) is 15.9 Å². The summed E-state index contributed by atoms with van der Waals surface area (Å²) in [6.45, 7) is 3.80. The van der Waals surface area contributed by atoms with Crippen molar-refractivity contribution in [2.75, 3.05) is 0 Å². The molecule has 1 N–H and O–H groups in total. The van der Waals surface area contributed by atoms with Crippen molar-refractivity contribution in [2.24, 2.45) is 4.99 Å². The molecule has 0 fully saturated rings. The Hall–Kier alpha value is -2.12. The average Bonchev–Trinajstić information content (AvgIpc) is 3.13. The summed E-state index contributed by atoms with van der Waals surface area (Å²) in [6, 6.07) is 9.09. The Labute approximate surface area is 179 Å². The molecule has 2 aromatic heterocycles. The molecule has 4 aromatic rings. The highest BCUT2D eigenvalue weighted by atomic mass is 35.5. The van der Waals surface area contributed by atoms with Crippen LogP contribution in [0.3, 0.4) is 0 Å². The van der Waals surface area contributed by atoms with Crippen molar-refractivity contribution in [3.05, 3.63) is 72.6 Å². The Morgan fingerprint density at radius 2 is 1.86 bits per heavy atom. The number of H-pyrrole nitrogens is 1. The molecule has 0 aliphatic heterocycles. The minimum Gasteiger partial charge on any atom is -0.295 e. The largest absolute Gasteiger partial charge is 0.295 e. The molecule has 9 heteroatoms. The number of aromatic amines is 1. The molecule has 0 saturated heterocycles. The lowest BCUT2D eigenvalue weighted by molar-refractivity contribution is 0.835. The summed E-state index contributed by atoms with van der Waals surface area (Å²) >= 11 is 19.9. The number of halogens is 3. The van der Waals surface area contributed by atoms with Gasteiger partial charge in [0.1, 0.15) is 5.69 Å². The van der Waals surface area contributed by atoms with Crippen LogP contribution in [0.5, 0.6) is 0 Å². The summed E-state index contributed by atoms with van der Waals surface area (Å²) < 4.78 is 2.34. The van der Waals surface area contributed by atoms with E-state index >= 15 is 0 Å². The second-order valence-electron chi connectivity index (χ2n) is 6.23. The van der Waals surface area contributed by atoms with Gasteiger partial charge >= 0.3 is 0 Å². The van der Waals surface area contributed by atoms with Crippen molar-refractivity contribution in [3.8, 4) is 5.69 Å². The lowest BCUT2D eigenvalue weighted by atomic mass is 10.2. The Kier molecular flexibility index (Phi) is 5.05. The second kappa shape index (κ2) is 7.37. The number of nitrogens with zero attached hydrogens (tertiary/aromatic N) is 3. The highest BCUT2D eigenvalue weighted by Crippen LogP contribution is 2.31. The molecule has 142 valence electrons. The number of nitrogens with one attached hydrogen (secondary N) is 1. The number of aliphatic imine (C=N–C) groups is 1. The summed E-state index contributed by atoms with van der Waals surface area (Å²) in [6.07, 6.45) is 1.51. The van der Waals surface area contributed by atoms with Crippen molar-refractivity contribution in [1.82, 2.24) is 14.8 Å². The van der Waals surface area contributed by atoms with E-state index < -0.39 is 0 Å². The van der Waals surface area contributed by atoms with Crippen LogP contribution in [0.2, 0.25) is 15.1 Å². The summed E-state index contributed by atoms with van der Waals surface area (Å²) in [5.41, 5.74) is 3.10. The Bertz CT molecular complexity index is 1280. The predicted octanol–water partition coefficient (Wildman–Crippen LogP) is 6.10. The summed E-state index contributed by atoms with van der Waals surface area (Å²) in [7, 11) is 0. The number of aryl methyl sites for hydroxylation is 2. The van der Waals surface area contributed by atoms with Crippen LogP contribution >= 0.6 is 46.1 Å². The molecule has 0 atom stereocenters. The van der Waals surface area contributed by atoms with Gasteiger partial charge in [-0.05, 0) is 43.7 Å². The van der Waals surface area contributed by atoms with E-state index in [2.05, 4.69) is 21.1 Å². The first kappa shape index (κ1) is 19.2. The van der Waals surface area contributed by atoms with Crippen LogP contribution in [-0.2, 0) is 0 Å². The van der Waals surface area contributed by atoms with Crippen LogP contribution in [0, 0.1) is 13.8 Å². The van der Waals surface area contributed by atoms with Gasteiger partial charge in [-0.15, -0.1) is 0 Å². The zero-order valence-corrected chi connectivity index (χ0v) is 17.8. The van der Waals surface area contributed by atoms with Gasteiger partial charge < -0.3 is 0 Å². The molecule has 0 aliphatic rings. The van der Waals surface area contributed by atoms with Crippen LogP contribution in [-0.4, -0.2) is 21.0 Å². The smallest absolute Gasteiger partial charge is 0.280 e. The predicted molar refractivity (Wildman–Crippen MR) is 118 cm³/mol. The molecule has 4 rings (SSSR count). The van der Waals surface area contributed by atoms with Crippen molar-refractivity contribution in [1.29, 1.82) is 0 Å². The molecule has 0 spiro atoms. The fraction of sp³-hybridized carbons (Fsp3) is 0.105. The van der Waals surface area contributed by atoms with Gasteiger partial charge in [-0.3, -0.25) is 9.89 Å². The monoisotopic (exact) mass is 450 g/mol.